The maximum Gasteiger partial charge on any atom is 0.326 e. The zero-order valence-electron chi connectivity index (χ0n) is 15.2. The van der Waals surface area contributed by atoms with Crippen LogP contribution >= 0.6 is 0 Å². The van der Waals surface area contributed by atoms with E-state index in [4.69, 9.17) is 0 Å². The normalized spacial score (nSPS) is 12.1. The van der Waals surface area contributed by atoms with Crippen molar-refractivity contribution in [1.82, 2.24) is 25.3 Å². The third kappa shape index (κ3) is 3.79. The molecule has 0 spiro atoms. The van der Waals surface area contributed by atoms with E-state index in [0.717, 1.165) is 17.3 Å². The number of fused-ring (bicyclic) bond motifs is 1. The van der Waals surface area contributed by atoms with Crippen molar-refractivity contribution < 1.29 is 14.7 Å². The van der Waals surface area contributed by atoms with Crippen molar-refractivity contribution in [2.45, 2.75) is 39.2 Å². The van der Waals surface area contributed by atoms with Crippen LogP contribution in [0.1, 0.15) is 42.4 Å². The van der Waals surface area contributed by atoms with Gasteiger partial charge in [-0.15, -0.1) is 5.10 Å². The third-order valence-electron chi connectivity index (χ3n) is 4.40. The minimum atomic E-state index is -1.06. The fourth-order valence-corrected chi connectivity index (χ4v) is 2.92. The number of carbonyl (C=O) groups is 2. The summed E-state index contributed by atoms with van der Waals surface area (Å²) in [7, 11) is 0. The van der Waals surface area contributed by atoms with Gasteiger partial charge >= 0.3 is 5.97 Å². The quantitative estimate of drug-likeness (QED) is 0.664. The van der Waals surface area contributed by atoms with Crippen LogP contribution in [0.2, 0.25) is 0 Å². The molecule has 1 atom stereocenters. The maximum atomic E-state index is 12.5. The van der Waals surface area contributed by atoms with Gasteiger partial charge in [-0.3, -0.25) is 9.78 Å². The highest BCUT2D eigenvalue weighted by Crippen LogP contribution is 2.21. The monoisotopic (exact) mass is 367 g/mol. The largest absolute Gasteiger partial charge is 0.480 e. The van der Waals surface area contributed by atoms with Crippen LogP contribution in [-0.2, 0) is 4.79 Å². The first-order valence-electron chi connectivity index (χ1n) is 8.83. The molecule has 2 heterocycles. The molecule has 8 heteroatoms. The van der Waals surface area contributed by atoms with Crippen molar-refractivity contribution in [3.8, 4) is 5.69 Å². The lowest BCUT2D eigenvalue weighted by Crippen LogP contribution is -2.41. The molecule has 0 aliphatic rings. The molecule has 0 aliphatic carbocycles. The molecule has 27 heavy (non-hydrogen) atoms. The number of carbonyl (C=O) groups excluding carboxylic acids is 1. The molecule has 1 aromatic carbocycles. The number of aromatic nitrogens is 4. The van der Waals surface area contributed by atoms with Crippen LogP contribution in [0, 0.1) is 6.92 Å². The van der Waals surface area contributed by atoms with Gasteiger partial charge in [-0.05, 0) is 25.5 Å². The van der Waals surface area contributed by atoms with Crippen LogP contribution in [0.25, 0.3) is 16.6 Å². The van der Waals surface area contributed by atoms with Gasteiger partial charge in [0.15, 0.2) is 5.69 Å². The minimum Gasteiger partial charge on any atom is -0.480 e. The van der Waals surface area contributed by atoms with E-state index in [1.807, 2.05) is 37.3 Å². The average Bonchev–Trinajstić information content (AvgIpc) is 3.05. The van der Waals surface area contributed by atoms with Gasteiger partial charge in [-0.2, -0.15) is 0 Å². The molecular formula is C19H21N5O3. The van der Waals surface area contributed by atoms with Gasteiger partial charge in [0.05, 0.1) is 16.9 Å². The van der Waals surface area contributed by atoms with Crippen molar-refractivity contribution in [3.63, 3.8) is 0 Å². The molecule has 1 amide bonds. The summed E-state index contributed by atoms with van der Waals surface area (Å²) in [6, 6.07) is 8.52. The Kier molecular flexibility index (Phi) is 5.44. The number of carboxylic acids is 1. The molecule has 3 rings (SSSR count). The number of pyridine rings is 1. The number of hydrogen-bond donors (Lipinski definition) is 2. The Bertz CT molecular complexity index is 977. The van der Waals surface area contributed by atoms with E-state index in [0.29, 0.717) is 24.2 Å². The van der Waals surface area contributed by atoms with E-state index >= 15 is 0 Å². The van der Waals surface area contributed by atoms with Gasteiger partial charge in [0.1, 0.15) is 6.04 Å². The Balaban J connectivity index is 1.90. The van der Waals surface area contributed by atoms with Crippen molar-refractivity contribution in [3.05, 3.63) is 47.9 Å². The van der Waals surface area contributed by atoms with E-state index in [1.165, 1.54) is 0 Å². The molecule has 0 radical (unpaired) electrons. The summed E-state index contributed by atoms with van der Waals surface area (Å²) >= 11 is 0. The van der Waals surface area contributed by atoms with Crippen molar-refractivity contribution in [2.24, 2.45) is 0 Å². The van der Waals surface area contributed by atoms with E-state index in [-0.39, 0.29) is 5.69 Å². The first-order valence-corrected chi connectivity index (χ1v) is 8.83. The van der Waals surface area contributed by atoms with Gasteiger partial charge in [-0.25, -0.2) is 9.48 Å². The predicted octanol–water partition coefficient (Wildman–Crippen LogP) is 2.50. The Morgan fingerprint density at radius 1 is 1.26 bits per heavy atom. The fourth-order valence-electron chi connectivity index (χ4n) is 2.92. The summed E-state index contributed by atoms with van der Waals surface area (Å²) in [5.74, 6) is -1.60. The molecule has 0 bridgehead atoms. The summed E-state index contributed by atoms with van der Waals surface area (Å²) in [6.07, 6.45) is 3.63. The van der Waals surface area contributed by atoms with Crippen LogP contribution in [-0.4, -0.2) is 43.0 Å². The standard InChI is InChI=1S/C19H21N5O3/c1-3-4-9-14(19(26)27)21-18(25)16-12(2)24(23-22-16)15-10-5-7-13-8-6-11-20-17(13)15/h5-8,10-11,14H,3-4,9H2,1-2H3,(H,21,25)(H,26,27). The summed E-state index contributed by atoms with van der Waals surface area (Å²) in [5.41, 5.74) is 2.07. The third-order valence-corrected chi connectivity index (χ3v) is 4.40. The van der Waals surface area contributed by atoms with E-state index < -0.39 is 17.9 Å². The second-order valence-electron chi connectivity index (χ2n) is 6.29. The molecule has 1 unspecified atom stereocenters. The van der Waals surface area contributed by atoms with Crippen LogP contribution < -0.4 is 5.32 Å². The molecule has 2 N–H and O–H groups in total. The molecule has 0 aliphatic heterocycles. The van der Waals surface area contributed by atoms with E-state index in [2.05, 4.69) is 20.6 Å². The molecule has 8 nitrogen and oxygen atoms in total. The van der Waals surface area contributed by atoms with Crippen molar-refractivity contribution in [2.75, 3.05) is 0 Å². The van der Waals surface area contributed by atoms with Crippen molar-refractivity contribution in [1.29, 1.82) is 0 Å². The first kappa shape index (κ1) is 18.5. The Morgan fingerprint density at radius 2 is 2.04 bits per heavy atom. The molecule has 2 aromatic heterocycles. The highest BCUT2D eigenvalue weighted by atomic mass is 16.4. The Labute approximate surface area is 156 Å². The van der Waals surface area contributed by atoms with Crippen LogP contribution in [0.3, 0.4) is 0 Å². The zero-order valence-corrected chi connectivity index (χ0v) is 15.2. The lowest BCUT2D eigenvalue weighted by atomic mass is 10.1. The SMILES string of the molecule is CCCCC(NC(=O)c1nnn(-c2cccc3cccnc23)c1C)C(=O)O. The molecule has 3 aromatic rings. The lowest BCUT2D eigenvalue weighted by molar-refractivity contribution is -0.139. The summed E-state index contributed by atoms with van der Waals surface area (Å²) < 4.78 is 1.55. The van der Waals surface area contributed by atoms with E-state index in [1.54, 1.807) is 17.8 Å². The van der Waals surface area contributed by atoms with Gasteiger partial charge in [-0.1, -0.05) is 43.2 Å². The second-order valence-corrected chi connectivity index (χ2v) is 6.29. The Morgan fingerprint density at radius 3 is 2.78 bits per heavy atom. The number of aliphatic carboxylic acids is 1. The summed E-state index contributed by atoms with van der Waals surface area (Å²) in [6.45, 7) is 3.69. The second kappa shape index (κ2) is 7.94. The number of nitrogens with one attached hydrogen (secondary N) is 1. The van der Waals surface area contributed by atoms with Crippen molar-refractivity contribution >= 4 is 22.8 Å². The first-order chi connectivity index (χ1) is 13.0. The highest BCUT2D eigenvalue weighted by molar-refractivity contribution is 5.96. The topological polar surface area (TPSA) is 110 Å². The lowest BCUT2D eigenvalue weighted by Gasteiger charge is -2.13. The summed E-state index contributed by atoms with van der Waals surface area (Å²) in [5, 5.41) is 20.9. The number of carboxylic acid groups (broad SMARTS) is 1. The number of para-hydroxylation sites is 1. The Hall–Kier alpha value is -3.29. The van der Waals surface area contributed by atoms with Gasteiger partial charge in [0, 0.05) is 11.6 Å². The number of amides is 1. The fraction of sp³-hybridized carbons (Fsp3) is 0.316. The van der Waals surface area contributed by atoms with Gasteiger partial charge in [0.25, 0.3) is 5.91 Å². The maximum absolute atomic E-state index is 12.5. The zero-order chi connectivity index (χ0) is 19.4. The van der Waals surface area contributed by atoms with E-state index in [9.17, 15) is 14.7 Å². The van der Waals surface area contributed by atoms with Crippen LogP contribution in [0.5, 0.6) is 0 Å². The number of rotatable bonds is 7. The molecular weight excluding hydrogens is 346 g/mol. The van der Waals surface area contributed by atoms with Gasteiger partial charge < -0.3 is 10.4 Å². The minimum absolute atomic E-state index is 0.102. The molecule has 0 saturated carbocycles. The molecule has 0 saturated heterocycles. The molecule has 0 fully saturated rings. The number of nitrogens with zero attached hydrogens (tertiary/aromatic N) is 4. The number of hydrogen-bond acceptors (Lipinski definition) is 5. The smallest absolute Gasteiger partial charge is 0.326 e. The van der Waals surface area contributed by atoms with Crippen LogP contribution in [0.15, 0.2) is 36.5 Å². The predicted molar refractivity (Wildman–Crippen MR) is 99.8 cm³/mol. The summed E-state index contributed by atoms with van der Waals surface area (Å²) in [4.78, 5) is 28.3. The number of unbranched alkanes of at least 4 members (excludes halogenated alkanes) is 1. The average molecular weight is 367 g/mol. The van der Waals surface area contributed by atoms with Crippen LogP contribution in [0.4, 0.5) is 0 Å². The van der Waals surface area contributed by atoms with Gasteiger partial charge in [0.2, 0.25) is 0 Å². The number of benzene rings is 1. The molecule has 140 valence electrons. The highest BCUT2D eigenvalue weighted by Gasteiger charge is 2.24.